The van der Waals surface area contributed by atoms with E-state index < -0.39 is 11.7 Å². The van der Waals surface area contributed by atoms with Crippen molar-refractivity contribution in [3.63, 3.8) is 0 Å². The Morgan fingerprint density at radius 3 is 2.55 bits per heavy atom. The zero-order chi connectivity index (χ0) is 14.6. The second-order valence-electron chi connectivity index (χ2n) is 5.16. The number of hydrogen-bond donors (Lipinski definition) is 1. The predicted octanol–water partition coefficient (Wildman–Crippen LogP) is 2.75. The van der Waals surface area contributed by atoms with Crippen molar-refractivity contribution in [1.29, 1.82) is 0 Å². The van der Waals surface area contributed by atoms with Crippen molar-refractivity contribution in [3.8, 4) is 0 Å². The zero-order valence-corrected chi connectivity index (χ0v) is 14.2. The third-order valence-electron chi connectivity index (χ3n) is 2.22. The van der Waals surface area contributed by atoms with Gasteiger partial charge in [0.1, 0.15) is 0 Å². The van der Waals surface area contributed by atoms with Crippen LogP contribution in [-0.2, 0) is 4.74 Å². The van der Waals surface area contributed by atoms with Crippen molar-refractivity contribution in [2.75, 3.05) is 5.32 Å². The SMILES string of the molecule is CC(C)(C)OC(=O)Nc1ccsc1[Se]c1ccccc1. The number of hydrogen-bond acceptors (Lipinski definition) is 3. The molecule has 1 N–H and O–H groups in total. The molecule has 0 aliphatic heterocycles. The van der Waals surface area contributed by atoms with Crippen LogP contribution in [0.4, 0.5) is 10.5 Å². The van der Waals surface area contributed by atoms with Gasteiger partial charge in [0.05, 0.1) is 0 Å². The summed E-state index contributed by atoms with van der Waals surface area (Å²) in [5, 5.41) is 4.82. The molecule has 0 atom stereocenters. The Morgan fingerprint density at radius 1 is 1.20 bits per heavy atom. The summed E-state index contributed by atoms with van der Waals surface area (Å²) in [5.74, 6) is 0. The van der Waals surface area contributed by atoms with Crippen molar-refractivity contribution >= 4 is 46.3 Å². The Hall–Kier alpha value is -1.29. The molecule has 5 heteroatoms. The standard InChI is InChI=1S/C15H17NO2SSe/c1-15(2,3)18-14(17)16-12-9-10-19-13(12)20-11-7-5-4-6-8-11/h4-10H,1-3H3,(H,16,17). The molecular formula is C15H17NO2SSe. The predicted molar refractivity (Wildman–Crippen MR) is 85.6 cm³/mol. The fourth-order valence-corrected chi connectivity index (χ4v) is 4.80. The molecule has 0 radical (unpaired) electrons. The van der Waals surface area contributed by atoms with Crippen LogP contribution in [0.2, 0.25) is 0 Å². The Kier molecular flexibility index (Phi) is 4.86. The van der Waals surface area contributed by atoms with Crippen molar-refractivity contribution in [2.45, 2.75) is 26.4 Å². The van der Waals surface area contributed by atoms with E-state index in [0.717, 1.165) is 5.69 Å². The van der Waals surface area contributed by atoms with Crippen LogP contribution < -0.4 is 13.6 Å². The first-order chi connectivity index (χ1) is 9.44. The average molecular weight is 354 g/mol. The number of benzene rings is 1. The number of amides is 1. The molecule has 3 nitrogen and oxygen atoms in total. The van der Waals surface area contributed by atoms with Crippen molar-refractivity contribution in [3.05, 3.63) is 41.8 Å². The number of ether oxygens (including phenoxy) is 1. The molecule has 0 bridgehead atoms. The molecule has 0 spiro atoms. The fourth-order valence-electron chi connectivity index (χ4n) is 1.48. The number of carbonyl (C=O) groups excluding carboxylic acids is 1. The zero-order valence-electron chi connectivity index (χ0n) is 11.7. The van der Waals surface area contributed by atoms with Gasteiger partial charge in [0.25, 0.3) is 0 Å². The number of carbonyl (C=O) groups is 1. The molecule has 2 rings (SSSR count). The molecule has 1 amide bonds. The molecule has 0 aliphatic carbocycles. The van der Waals surface area contributed by atoms with Gasteiger partial charge in [-0.3, -0.25) is 0 Å². The molecule has 0 saturated carbocycles. The van der Waals surface area contributed by atoms with Gasteiger partial charge in [0.2, 0.25) is 0 Å². The molecular weight excluding hydrogens is 337 g/mol. The van der Waals surface area contributed by atoms with E-state index in [4.69, 9.17) is 4.74 Å². The third kappa shape index (κ3) is 4.67. The Bertz CT molecular complexity index is 575. The van der Waals surface area contributed by atoms with Gasteiger partial charge in [-0.25, -0.2) is 0 Å². The van der Waals surface area contributed by atoms with Crippen LogP contribution in [0.15, 0.2) is 41.8 Å². The molecule has 0 saturated heterocycles. The normalized spacial score (nSPS) is 11.2. The maximum atomic E-state index is 11.8. The van der Waals surface area contributed by atoms with E-state index in [1.54, 1.807) is 11.3 Å². The van der Waals surface area contributed by atoms with Gasteiger partial charge >= 0.3 is 129 Å². The van der Waals surface area contributed by atoms with Crippen LogP contribution in [0.5, 0.6) is 0 Å². The third-order valence-corrected chi connectivity index (χ3v) is 5.88. The van der Waals surface area contributed by atoms with Gasteiger partial charge in [0, 0.05) is 0 Å². The van der Waals surface area contributed by atoms with E-state index in [2.05, 4.69) is 17.4 Å². The van der Waals surface area contributed by atoms with E-state index in [1.165, 1.54) is 8.24 Å². The van der Waals surface area contributed by atoms with Crippen LogP contribution in [0.3, 0.4) is 0 Å². The van der Waals surface area contributed by atoms with Crippen LogP contribution in [-0.4, -0.2) is 26.7 Å². The van der Waals surface area contributed by atoms with Crippen molar-refractivity contribution in [1.82, 2.24) is 0 Å². The topological polar surface area (TPSA) is 38.3 Å². The minimum atomic E-state index is -0.481. The number of thiophene rings is 1. The average Bonchev–Trinajstić information content (AvgIpc) is 2.75. The van der Waals surface area contributed by atoms with Gasteiger partial charge in [-0.05, 0) is 0 Å². The number of nitrogens with one attached hydrogen (secondary N) is 1. The first-order valence-electron chi connectivity index (χ1n) is 6.24. The molecule has 1 heterocycles. The monoisotopic (exact) mass is 355 g/mol. The van der Waals surface area contributed by atoms with Gasteiger partial charge in [0.15, 0.2) is 0 Å². The van der Waals surface area contributed by atoms with Gasteiger partial charge in [-0.15, -0.1) is 0 Å². The summed E-state index contributed by atoms with van der Waals surface area (Å²) in [5.41, 5.74) is 0.373. The molecule has 1 aromatic heterocycles. The number of anilines is 1. The van der Waals surface area contributed by atoms with Gasteiger partial charge in [-0.1, -0.05) is 0 Å². The van der Waals surface area contributed by atoms with E-state index in [-0.39, 0.29) is 15.0 Å². The van der Waals surface area contributed by atoms with E-state index >= 15 is 0 Å². The molecule has 20 heavy (non-hydrogen) atoms. The summed E-state index contributed by atoms with van der Waals surface area (Å²) in [6, 6.07) is 12.2. The molecule has 106 valence electrons. The quantitative estimate of drug-likeness (QED) is 0.861. The fraction of sp³-hybridized carbons (Fsp3) is 0.267. The van der Waals surface area contributed by atoms with Crippen LogP contribution in [0, 0.1) is 0 Å². The summed E-state index contributed by atoms with van der Waals surface area (Å²) in [4.78, 5) is 11.8. The Balaban J connectivity index is 2.04. The molecule has 2 aromatic rings. The Labute approximate surface area is 129 Å². The summed E-state index contributed by atoms with van der Waals surface area (Å²) < 4.78 is 7.75. The summed E-state index contributed by atoms with van der Waals surface area (Å²) >= 11 is 1.86. The summed E-state index contributed by atoms with van der Waals surface area (Å²) in [6.07, 6.45) is -0.402. The van der Waals surface area contributed by atoms with Crippen LogP contribution in [0.25, 0.3) is 0 Å². The van der Waals surface area contributed by atoms with E-state index in [1.807, 2.05) is 50.4 Å². The van der Waals surface area contributed by atoms with Gasteiger partial charge < -0.3 is 0 Å². The van der Waals surface area contributed by atoms with Gasteiger partial charge in [-0.2, -0.15) is 0 Å². The molecule has 1 aromatic carbocycles. The van der Waals surface area contributed by atoms with E-state index in [9.17, 15) is 4.79 Å². The first kappa shape index (κ1) is 15.1. The maximum absolute atomic E-state index is 11.8. The molecule has 0 unspecified atom stereocenters. The first-order valence-corrected chi connectivity index (χ1v) is 8.84. The molecule has 0 aliphatic rings. The summed E-state index contributed by atoms with van der Waals surface area (Å²) in [7, 11) is 0. The van der Waals surface area contributed by atoms with Crippen molar-refractivity contribution < 1.29 is 9.53 Å². The van der Waals surface area contributed by atoms with Crippen LogP contribution in [0.1, 0.15) is 20.8 Å². The number of rotatable bonds is 3. The second-order valence-corrected chi connectivity index (χ2v) is 8.94. The minimum absolute atomic E-state index is 0.194. The Morgan fingerprint density at radius 2 is 1.90 bits per heavy atom. The summed E-state index contributed by atoms with van der Waals surface area (Å²) in [6.45, 7) is 5.57. The molecule has 0 fully saturated rings. The second kappa shape index (κ2) is 6.44. The van der Waals surface area contributed by atoms with Crippen LogP contribution >= 0.6 is 11.3 Å². The van der Waals surface area contributed by atoms with E-state index in [0.29, 0.717) is 0 Å². The van der Waals surface area contributed by atoms with Crippen molar-refractivity contribution in [2.24, 2.45) is 0 Å².